The molecule has 436 valence electrons. The number of sulfonamides is 1. The smallest absolute Gasteiger partial charge is 0.297 e. The number of aromatic amines is 1. The molecule has 1 spiro atoms. The van der Waals surface area contributed by atoms with Crippen LogP contribution >= 0.6 is 0 Å². The zero-order chi connectivity index (χ0) is 56.6. The van der Waals surface area contributed by atoms with Crippen molar-refractivity contribution in [1.29, 1.82) is 0 Å². The SMILES string of the molecule is CC(C)Oc1ccccc1[C@@H]1CN(c2cncc3c2COCC3)CCN1C1CC2(CCN(c3ccc(C(=O)NS(=O)(=O)c4cc5c(c([N+](=O)[O-])c4)N[C@H](C4CCOCC4)CO5)c(N4c5cc6cc[nH]c6nc5O[C@H]5COCC[C@@H]54)c3)CC2)C1. The van der Waals surface area contributed by atoms with Gasteiger partial charge in [-0.1, -0.05) is 18.2 Å². The Morgan fingerprint density at radius 3 is 2.55 bits per heavy atom. The van der Waals surface area contributed by atoms with E-state index in [4.69, 9.17) is 38.4 Å². The second kappa shape index (κ2) is 21.7. The first-order valence-electron chi connectivity index (χ1n) is 29.4. The second-order valence-electron chi connectivity index (χ2n) is 24.0. The van der Waals surface area contributed by atoms with Crippen LogP contribution in [0.1, 0.15) is 91.9 Å². The van der Waals surface area contributed by atoms with Crippen molar-refractivity contribution in [3.8, 4) is 17.4 Å². The zero-order valence-corrected chi connectivity index (χ0v) is 47.6. The largest absolute Gasteiger partial charge is 0.491 e. The number of carbonyl (C=O) groups excluding carboxylic acids is 1. The van der Waals surface area contributed by atoms with Crippen LogP contribution in [0.4, 0.5) is 34.1 Å². The summed E-state index contributed by atoms with van der Waals surface area (Å²) in [4.78, 5) is 49.0. The molecule has 83 heavy (non-hydrogen) atoms. The van der Waals surface area contributed by atoms with Crippen molar-refractivity contribution < 1.29 is 46.6 Å². The molecule has 0 unspecified atom stereocenters. The highest BCUT2D eigenvalue weighted by atomic mass is 32.2. The number of anilines is 5. The molecule has 6 aromatic rings. The molecule has 8 aliphatic rings. The van der Waals surface area contributed by atoms with Crippen molar-refractivity contribution in [2.75, 3.05) is 92.4 Å². The van der Waals surface area contributed by atoms with Gasteiger partial charge in [0.1, 0.15) is 29.8 Å². The molecule has 0 bridgehead atoms. The van der Waals surface area contributed by atoms with Crippen LogP contribution in [0.5, 0.6) is 17.4 Å². The number of ether oxygens (including phenoxy) is 6. The molecular weight excluding hydrogens is 1080 g/mol. The first kappa shape index (κ1) is 53.7. The Morgan fingerprint density at radius 2 is 1.72 bits per heavy atom. The van der Waals surface area contributed by atoms with E-state index in [1.807, 2.05) is 42.9 Å². The van der Waals surface area contributed by atoms with Gasteiger partial charge in [0, 0.05) is 105 Å². The van der Waals surface area contributed by atoms with Gasteiger partial charge in [0.15, 0.2) is 11.4 Å². The van der Waals surface area contributed by atoms with E-state index in [0.29, 0.717) is 61.8 Å². The maximum absolute atomic E-state index is 15.0. The zero-order valence-electron chi connectivity index (χ0n) is 46.8. The average Bonchev–Trinajstić information content (AvgIpc) is 4.22. The van der Waals surface area contributed by atoms with Crippen LogP contribution < -0.4 is 38.9 Å². The van der Waals surface area contributed by atoms with Crippen LogP contribution in [0, 0.1) is 21.4 Å². The van der Waals surface area contributed by atoms with Gasteiger partial charge in [-0.2, -0.15) is 4.98 Å². The molecule has 21 nitrogen and oxygen atoms in total. The average molecular weight is 1150 g/mol. The fraction of sp³-hybridized carbons (Fsp3) is 0.492. The number of fused-ring (bicyclic) bond motifs is 5. The minimum atomic E-state index is -4.72. The summed E-state index contributed by atoms with van der Waals surface area (Å²) < 4.78 is 67.9. The molecule has 22 heteroatoms. The van der Waals surface area contributed by atoms with Gasteiger partial charge in [-0.05, 0) is 119 Å². The number of nitro benzene ring substituents is 1. The summed E-state index contributed by atoms with van der Waals surface area (Å²) in [5, 5.41) is 16.7. The van der Waals surface area contributed by atoms with E-state index in [0.717, 1.165) is 107 Å². The number of benzene rings is 3. The Kier molecular flexibility index (Phi) is 14.1. The summed E-state index contributed by atoms with van der Waals surface area (Å²) in [6.07, 6.45) is 12.5. The van der Waals surface area contributed by atoms with E-state index in [9.17, 15) is 23.3 Å². The molecule has 14 rings (SSSR count). The van der Waals surface area contributed by atoms with Crippen molar-refractivity contribution in [3.63, 3.8) is 0 Å². The molecule has 10 heterocycles. The number of hydrogen-bond acceptors (Lipinski definition) is 18. The van der Waals surface area contributed by atoms with Gasteiger partial charge in [0.05, 0.1) is 77.0 Å². The minimum absolute atomic E-state index is 0.0240. The third-order valence-electron chi connectivity index (χ3n) is 18.7. The number of pyridine rings is 2. The monoisotopic (exact) mass is 1150 g/mol. The number of nitro groups is 1. The van der Waals surface area contributed by atoms with Crippen molar-refractivity contribution in [2.24, 2.45) is 11.3 Å². The Bertz CT molecular complexity index is 3580. The Balaban J connectivity index is 0.743. The molecule has 4 saturated heterocycles. The Hall–Kier alpha value is -7.24. The molecule has 1 amide bonds. The predicted octanol–water partition coefficient (Wildman–Crippen LogP) is 8.44. The summed E-state index contributed by atoms with van der Waals surface area (Å²) in [6.45, 7) is 11.7. The van der Waals surface area contributed by atoms with E-state index in [2.05, 4.69) is 72.7 Å². The van der Waals surface area contributed by atoms with Crippen LogP contribution in [0.15, 0.2) is 90.2 Å². The summed E-state index contributed by atoms with van der Waals surface area (Å²) in [5.74, 6) is 0.569. The van der Waals surface area contributed by atoms with E-state index < -0.39 is 37.5 Å². The molecule has 3 aromatic carbocycles. The molecule has 1 saturated carbocycles. The topological polar surface area (TPSA) is 228 Å². The maximum Gasteiger partial charge on any atom is 0.297 e. The van der Waals surface area contributed by atoms with E-state index in [1.165, 1.54) is 28.4 Å². The highest BCUT2D eigenvalue weighted by Crippen LogP contribution is 2.54. The van der Waals surface area contributed by atoms with Crippen LogP contribution in [0.2, 0.25) is 0 Å². The molecule has 0 radical (unpaired) electrons. The molecule has 1 aliphatic carbocycles. The van der Waals surface area contributed by atoms with Crippen molar-refractivity contribution >= 4 is 61.1 Å². The number of hydrogen-bond donors (Lipinski definition) is 3. The Morgan fingerprint density at radius 1 is 0.892 bits per heavy atom. The van der Waals surface area contributed by atoms with E-state index in [1.54, 1.807) is 6.07 Å². The highest BCUT2D eigenvalue weighted by Gasteiger charge is 2.51. The number of nitrogens with zero attached hydrogens (tertiary/aromatic N) is 7. The van der Waals surface area contributed by atoms with Gasteiger partial charge in [0.2, 0.25) is 5.88 Å². The first-order chi connectivity index (χ1) is 40.3. The van der Waals surface area contributed by atoms with Gasteiger partial charge in [-0.15, -0.1) is 0 Å². The number of piperidine rings is 1. The van der Waals surface area contributed by atoms with Crippen molar-refractivity contribution in [2.45, 2.75) is 113 Å². The number of piperazine rings is 1. The van der Waals surface area contributed by atoms with Gasteiger partial charge >= 0.3 is 0 Å². The normalized spacial score (nSPS) is 23.7. The van der Waals surface area contributed by atoms with Crippen molar-refractivity contribution in [3.05, 3.63) is 118 Å². The predicted molar refractivity (Wildman–Crippen MR) is 311 cm³/mol. The van der Waals surface area contributed by atoms with Crippen molar-refractivity contribution in [1.82, 2.24) is 24.6 Å². The lowest BCUT2D eigenvalue weighted by molar-refractivity contribution is -0.384. The molecular formula is C61H70N10O11S. The quantitative estimate of drug-likeness (QED) is 0.0771. The number of carbonyl (C=O) groups is 1. The molecule has 3 aromatic heterocycles. The fourth-order valence-electron chi connectivity index (χ4n) is 14.4. The number of H-pyrrole nitrogens is 1. The van der Waals surface area contributed by atoms with Gasteiger partial charge in [-0.3, -0.25) is 24.8 Å². The minimum Gasteiger partial charge on any atom is -0.491 e. The molecule has 5 fully saturated rings. The van der Waals surface area contributed by atoms with Crippen LogP contribution in [-0.4, -0.2) is 142 Å². The number of aromatic nitrogens is 3. The van der Waals surface area contributed by atoms with Crippen LogP contribution in [0.3, 0.4) is 0 Å². The number of rotatable bonds is 12. The molecule has 3 N–H and O–H groups in total. The van der Waals surface area contributed by atoms with Crippen LogP contribution in [0.25, 0.3) is 11.0 Å². The third-order valence-corrected chi connectivity index (χ3v) is 20.1. The third kappa shape index (κ3) is 10.1. The van der Waals surface area contributed by atoms with Gasteiger partial charge < -0.3 is 53.4 Å². The lowest BCUT2D eigenvalue weighted by Crippen LogP contribution is -2.60. The molecule has 7 aliphatic heterocycles. The standard InChI is InChI=1S/C61H70N10O11S/c1-37(2)81-54-6-4-3-5-44(54)53-33-68(52-32-62-31-40-12-23-78-34-46(40)52)19-20-69(53)42-29-61(30-42)14-17-67(18-15-61)41-7-8-45(49(26-41)70-48-13-24-79-36-56(48)82-60-51(70)25-39-9-16-63-58(39)65-60)59(72)66-83(75,76)43-27-50(71(73)74)57-55(28-43)80-35-47(64-57)38-10-21-77-22-11-38/h3-9,16,25-28,31-32,37-38,42,47-48,53,56,64H,10-15,17-24,29-30,33-36H2,1-2H3,(H,63,65)(H,66,72)/t47-,48-,53-,56-/m0/s1. The van der Waals surface area contributed by atoms with Gasteiger partial charge in [0.25, 0.3) is 21.6 Å². The lowest BCUT2D eigenvalue weighted by atomic mass is 9.59. The summed E-state index contributed by atoms with van der Waals surface area (Å²) in [5.41, 5.74) is 7.44. The molecule has 4 atom stereocenters. The van der Waals surface area contributed by atoms with E-state index in [-0.39, 0.29) is 65.8 Å². The first-order valence-corrected chi connectivity index (χ1v) is 30.9. The maximum atomic E-state index is 15.0. The fourth-order valence-corrected chi connectivity index (χ4v) is 15.4. The van der Waals surface area contributed by atoms with Gasteiger partial charge in [-0.25, -0.2) is 13.1 Å². The number of para-hydroxylation sites is 1. The Labute approximate surface area is 482 Å². The highest BCUT2D eigenvalue weighted by molar-refractivity contribution is 7.90. The lowest BCUT2D eigenvalue weighted by Gasteiger charge is -2.58. The summed E-state index contributed by atoms with van der Waals surface area (Å²) in [7, 11) is -4.72. The summed E-state index contributed by atoms with van der Waals surface area (Å²) in [6, 6.07) is 20.2. The summed E-state index contributed by atoms with van der Waals surface area (Å²) >= 11 is 0. The second-order valence-corrected chi connectivity index (χ2v) is 25.6. The number of nitrogens with one attached hydrogen (secondary N) is 3. The number of amides is 1. The van der Waals surface area contributed by atoms with E-state index >= 15 is 0 Å². The van der Waals surface area contributed by atoms with Crippen LogP contribution in [-0.2, 0) is 37.3 Å².